The van der Waals surface area contributed by atoms with Crippen molar-refractivity contribution in [2.75, 3.05) is 25.5 Å². The quantitative estimate of drug-likeness (QED) is 0.364. The molecule has 5 rings (SSSR count). The van der Waals surface area contributed by atoms with Crippen LogP contribution in [0.2, 0.25) is 0 Å². The maximum absolute atomic E-state index is 13.3. The van der Waals surface area contributed by atoms with E-state index in [0.29, 0.717) is 29.7 Å². The van der Waals surface area contributed by atoms with Crippen molar-refractivity contribution < 1.29 is 14.3 Å². The normalized spacial score (nSPS) is 12.7. The van der Waals surface area contributed by atoms with Crippen LogP contribution in [0.5, 0.6) is 5.75 Å². The van der Waals surface area contributed by atoms with Gasteiger partial charge in [-0.2, -0.15) is 0 Å². The number of anilines is 1. The summed E-state index contributed by atoms with van der Waals surface area (Å²) in [6, 6.07) is 26.5. The lowest BCUT2D eigenvalue weighted by Crippen LogP contribution is -2.39. The van der Waals surface area contributed by atoms with E-state index in [-0.39, 0.29) is 18.4 Å². The molecule has 0 unspecified atom stereocenters. The average molecular weight is 481 g/mol. The Hall–Kier alpha value is -4.39. The highest BCUT2D eigenvalue weighted by Crippen LogP contribution is 2.30. The number of benzene rings is 3. The van der Waals surface area contributed by atoms with Crippen LogP contribution in [0.4, 0.5) is 5.95 Å². The van der Waals surface area contributed by atoms with Crippen molar-refractivity contribution in [3.8, 4) is 22.7 Å². The first-order valence-corrected chi connectivity index (χ1v) is 12.0. The number of carbonyl (C=O) groups is 2. The third-order valence-corrected chi connectivity index (χ3v) is 6.20. The second-order valence-corrected chi connectivity index (χ2v) is 8.93. The summed E-state index contributed by atoms with van der Waals surface area (Å²) in [6.45, 7) is 0.504. The molecule has 0 atom stereocenters. The van der Waals surface area contributed by atoms with E-state index in [4.69, 9.17) is 9.72 Å². The zero-order valence-electron chi connectivity index (χ0n) is 20.1. The van der Waals surface area contributed by atoms with Crippen molar-refractivity contribution in [3.05, 3.63) is 96.7 Å². The zero-order chi connectivity index (χ0) is 24.9. The number of rotatable bonds is 9. The maximum atomic E-state index is 13.3. The van der Waals surface area contributed by atoms with Gasteiger partial charge < -0.3 is 9.64 Å². The third-order valence-electron chi connectivity index (χ3n) is 6.20. The lowest BCUT2D eigenvalue weighted by molar-refractivity contribution is -0.117. The summed E-state index contributed by atoms with van der Waals surface area (Å²) in [5, 5.41) is 2.95. The zero-order valence-corrected chi connectivity index (χ0v) is 20.1. The molecule has 1 aliphatic rings. The number of hydrogen-bond donors (Lipinski definition) is 1. The predicted molar refractivity (Wildman–Crippen MR) is 139 cm³/mol. The number of nitrogens with one attached hydrogen (secondary N) is 1. The van der Waals surface area contributed by atoms with Crippen LogP contribution >= 0.6 is 0 Å². The highest BCUT2D eigenvalue weighted by Gasteiger charge is 2.29. The minimum absolute atomic E-state index is 0.0519. The van der Waals surface area contributed by atoms with Gasteiger partial charge in [0.1, 0.15) is 12.3 Å². The molecule has 0 radical (unpaired) electrons. The molecule has 0 bridgehead atoms. The molecule has 1 aliphatic carbocycles. The smallest absolute Gasteiger partial charge is 0.254 e. The molecule has 7 heteroatoms. The van der Waals surface area contributed by atoms with Gasteiger partial charge in [-0.15, -0.1) is 0 Å². The molecule has 1 N–H and O–H groups in total. The Labute approximate surface area is 210 Å². The summed E-state index contributed by atoms with van der Waals surface area (Å²) in [5.74, 6) is 1.07. The molecule has 36 heavy (non-hydrogen) atoms. The number of nitrogens with zero attached hydrogens (tertiary/aromatic N) is 3. The van der Waals surface area contributed by atoms with Crippen molar-refractivity contribution >= 4 is 17.8 Å². The summed E-state index contributed by atoms with van der Waals surface area (Å²) < 4.78 is 7.06. The Kier molecular flexibility index (Phi) is 6.80. The lowest BCUT2D eigenvalue weighted by Gasteiger charge is -2.22. The number of methoxy groups -OCH3 is 1. The van der Waals surface area contributed by atoms with Crippen molar-refractivity contribution in [2.24, 2.45) is 5.92 Å². The van der Waals surface area contributed by atoms with Gasteiger partial charge in [0.25, 0.3) is 5.91 Å². The molecule has 7 nitrogen and oxygen atoms in total. The monoisotopic (exact) mass is 480 g/mol. The van der Waals surface area contributed by atoms with Crippen LogP contribution in [0.1, 0.15) is 23.2 Å². The lowest BCUT2D eigenvalue weighted by atomic mass is 10.2. The summed E-state index contributed by atoms with van der Waals surface area (Å²) in [6.07, 6.45) is 4.06. The Morgan fingerprint density at radius 3 is 2.28 bits per heavy atom. The van der Waals surface area contributed by atoms with Crippen LogP contribution in [0.3, 0.4) is 0 Å². The van der Waals surface area contributed by atoms with E-state index in [9.17, 15) is 9.59 Å². The second-order valence-electron chi connectivity index (χ2n) is 8.93. The van der Waals surface area contributed by atoms with E-state index in [1.165, 1.54) is 0 Å². The molecular formula is C29H28N4O3. The van der Waals surface area contributed by atoms with E-state index in [1.54, 1.807) is 36.3 Å². The van der Waals surface area contributed by atoms with Crippen molar-refractivity contribution in [3.63, 3.8) is 0 Å². The van der Waals surface area contributed by atoms with Crippen molar-refractivity contribution in [1.29, 1.82) is 0 Å². The first-order valence-electron chi connectivity index (χ1n) is 12.0. The molecule has 1 saturated carbocycles. The Morgan fingerprint density at radius 2 is 1.64 bits per heavy atom. The van der Waals surface area contributed by atoms with Crippen molar-refractivity contribution in [2.45, 2.75) is 12.8 Å². The minimum atomic E-state index is -0.292. The molecule has 0 saturated heterocycles. The number of aromatic nitrogens is 2. The molecule has 4 aromatic rings. The first kappa shape index (κ1) is 23.4. The van der Waals surface area contributed by atoms with Gasteiger partial charge in [0.2, 0.25) is 11.9 Å². The molecule has 0 spiro atoms. The number of para-hydroxylation sites is 1. The molecular weight excluding hydrogens is 452 g/mol. The van der Waals surface area contributed by atoms with Gasteiger partial charge in [-0.3, -0.25) is 19.5 Å². The van der Waals surface area contributed by atoms with Crippen LogP contribution in [-0.4, -0.2) is 46.5 Å². The van der Waals surface area contributed by atoms with Gasteiger partial charge >= 0.3 is 0 Å². The first-order chi connectivity index (χ1) is 17.6. The molecule has 2 amide bonds. The fraction of sp³-hybridized carbons (Fsp3) is 0.207. The second kappa shape index (κ2) is 10.5. The third kappa shape index (κ3) is 5.46. The van der Waals surface area contributed by atoms with E-state index < -0.39 is 0 Å². The van der Waals surface area contributed by atoms with Gasteiger partial charge in [-0.1, -0.05) is 48.5 Å². The molecule has 1 heterocycles. The van der Waals surface area contributed by atoms with E-state index in [1.807, 2.05) is 71.4 Å². The average Bonchev–Trinajstić information content (AvgIpc) is 3.65. The minimum Gasteiger partial charge on any atom is -0.497 e. The highest BCUT2D eigenvalue weighted by molar-refractivity contribution is 5.99. The van der Waals surface area contributed by atoms with E-state index >= 15 is 0 Å². The van der Waals surface area contributed by atoms with Crippen LogP contribution in [0.15, 0.2) is 91.1 Å². The Balaban J connectivity index is 1.38. The van der Waals surface area contributed by atoms with Crippen LogP contribution in [-0.2, 0) is 4.79 Å². The predicted octanol–water partition coefficient (Wildman–Crippen LogP) is 5.04. The van der Waals surface area contributed by atoms with Gasteiger partial charge in [-0.05, 0) is 55.2 Å². The van der Waals surface area contributed by atoms with Gasteiger partial charge in [-0.25, -0.2) is 4.98 Å². The van der Waals surface area contributed by atoms with Gasteiger partial charge in [0, 0.05) is 29.6 Å². The molecule has 182 valence electrons. The molecule has 3 aromatic carbocycles. The van der Waals surface area contributed by atoms with Crippen LogP contribution in [0.25, 0.3) is 16.9 Å². The summed E-state index contributed by atoms with van der Waals surface area (Å²) in [7, 11) is 1.59. The van der Waals surface area contributed by atoms with Crippen molar-refractivity contribution in [1.82, 2.24) is 14.5 Å². The topological polar surface area (TPSA) is 76.5 Å². The van der Waals surface area contributed by atoms with Gasteiger partial charge in [0.05, 0.1) is 12.8 Å². The number of imidazole rings is 1. The maximum Gasteiger partial charge on any atom is 0.254 e. The number of hydrogen-bond acceptors (Lipinski definition) is 4. The fourth-order valence-corrected chi connectivity index (χ4v) is 4.09. The van der Waals surface area contributed by atoms with E-state index in [2.05, 4.69) is 5.32 Å². The number of ether oxygens (including phenoxy) is 1. The summed E-state index contributed by atoms with van der Waals surface area (Å²) in [5.41, 5.74) is 3.11. The molecule has 0 aliphatic heterocycles. The number of carbonyl (C=O) groups excluding carboxylic acids is 2. The Morgan fingerprint density at radius 1 is 0.972 bits per heavy atom. The van der Waals surface area contributed by atoms with Gasteiger partial charge in [0.15, 0.2) is 0 Å². The Bertz CT molecular complexity index is 1330. The largest absolute Gasteiger partial charge is 0.497 e. The summed E-state index contributed by atoms with van der Waals surface area (Å²) >= 11 is 0. The SMILES string of the molecule is COc1ccc(C(=O)N(CC(=O)Nc2nc(-c3ccccc3)cn2-c2ccccc2)CC2CC2)cc1. The highest BCUT2D eigenvalue weighted by atomic mass is 16.5. The van der Waals surface area contributed by atoms with Crippen LogP contribution < -0.4 is 10.1 Å². The van der Waals surface area contributed by atoms with E-state index in [0.717, 1.165) is 29.8 Å². The molecule has 1 aromatic heterocycles. The fourth-order valence-electron chi connectivity index (χ4n) is 4.09. The number of amides is 2. The van der Waals surface area contributed by atoms with Crippen LogP contribution in [0, 0.1) is 5.92 Å². The summed E-state index contributed by atoms with van der Waals surface area (Å²) in [4.78, 5) is 32.8. The standard InChI is InChI=1S/C29H28N4O3/c1-36-25-16-14-23(15-17-25)28(35)32(18-21-12-13-21)20-27(34)31-29-30-26(22-8-4-2-5-9-22)19-33(29)24-10-6-3-7-11-24/h2-11,14-17,19,21H,12-13,18,20H2,1H3,(H,30,31,34). The molecule has 1 fully saturated rings.